The molecule has 19 heavy (non-hydrogen) atoms. The molecule has 1 aliphatic rings. The van der Waals surface area contributed by atoms with E-state index in [1.165, 1.54) is 69.1 Å². The third kappa shape index (κ3) is 6.33. The topological polar surface area (TPSA) is 0 Å². The van der Waals surface area contributed by atoms with Crippen molar-refractivity contribution >= 4 is 11.8 Å². The van der Waals surface area contributed by atoms with E-state index >= 15 is 0 Å². The molecule has 0 aromatic heterocycles. The highest BCUT2D eigenvalue weighted by molar-refractivity contribution is 8.03. The Morgan fingerprint density at radius 2 is 1.32 bits per heavy atom. The molecule has 0 aliphatic heterocycles. The summed E-state index contributed by atoms with van der Waals surface area (Å²) in [7, 11) is 0. The number of allylic oxidation sites excluding steroid dienone is 2. The Morgan fingerprint density at radius 1 is 0.684 bits per heavy atom. The van der Waals surface area contributed by atoms with Crippen LogP contribution >= 0.6 is 11.8 Å². The van der Waals surface area contributed by atoms with Crippen molar-refractivity contribution < 1.29 is 0 Å². The van der Waals surface area contributed by atoms with Gasteiger partial charge >= 0.3 is 0 Å². The highest BCUT2D eigenvalue weighted by Gasteiger charge is 2.02. The zero-order valence-electron chi connectivity index (χ0n) is 11.9. The molecule has 2 rings (SSSR count). The lowest BCUT2D eigenvalue weighted by Crippen LogP contribution is -1.86. The second-order valence-electron chi connectivity index (χ2n) is 5.45. The van der Waals surface area contributed by atoms with Crippen LogP contribution < -0.4 is 0 Å². The van der Waals surface area contributed by atoms with E-state index in [4.69, 9.17) is 0 Å². The van der Waals surface area contributed by atoms with Gasteiger partial charge in [-0.05, 0) is 42.7 Å². The monoisotopic (exact) mass is 274 g/mol. The molecule has 0 unspecified atom stereocenters. The Kier molecular flexibility index (Phi) is 7.16. The maximum Gasteiger partial charge on any atom is 0.0118 e. The Bertz CT molecular complexity index is 367. The van der Waals surface area contributed by atoms with E-state index in [1.807, 2.05) is 11.8 Å². The Hall–Kier alpha value is -0.690. The van der Waals surface area contributed by atoms with Gasteiger partial charge < -0.3 is 0 Å². The molecule has 0 nitrogen and oxygen atoms in total. The van der Waals surface area contributed by atoms with Crippen molar-refractivity contribution in [2.24, 2.45) is 0 Å². The smallest absolute Gasteiger partial charge is 0.0118 e. The Labute approximate surface area is 122 Å². The molecule has 0 saturated carbocycles. The Balaban J connectivity index is 1.90. The summed E-state index contributed by atoms with van der Waals surface area (Å²) >= 11 is 1.98. The van der Waals surface area contributed by atoms with Gasteiger partial charge in [0.2, 0.25) is 0 Å². The first-order valence-electron chi connectivity index (χ1n) is 7.87. The van der Waals surface area contributed by atoms with E-state index in [2.05, 4.69) is 36.4 Å². The highest BCUT2D eigenvalue weighted by Crippen LogP contribution is 2.31. The highest BCUT2D eigenvalue weighted by atomic mass is 32.2. The van der Waals surface area contributed by atoms with Crippen LogP contribution in [0.15, 0.2) is 46.2 Å². The SMILES string of the molecule is C1=C(/Sc2ccccc2)CCCCCCCCCC/1. The molecule has 0 bridgehead atoms. The quantitative estimate of drug-likeness (QED) is 0.587. The average molecular weight is 274 g/mol. The van der Waals surface area contributed by atoms with Crippen molar-refractivity contribution in [1.82, 2.24) is 0 Å². The molecule has 1 aromatic rings. The molecule has 0 radical (unpaired) electrons. The first kappa shape index (κ1) is 14.7. The second kappa shape index (κ2) is 9.25. The lowest BCUT2D eigenvalue weighted by atomic mass is 10.0. The van der Waals surface area contributed by atoms with Crippen LogP contribution in [0.4, 0.5) is 0 Å². The van der Waals surface area contributed by atoms with Gasteiger partial charge in [0.25, 0.3) is 0 Å². The molecular weight excluding hydrogens is 248 g/mol. The summed E-state index contributed by atoms with van der Waals surface area (Å²) in [6, 6.07) is 10.8. The molecule has 0 spiro atoms. The summed E-state index contributed by atoms with van der Waals surface area (Å²) < 4.78 is 0. The minimum absolute atomic E-state index is 1.27. The van der Waals surface area contributed by atoms with Crippen molar-refractivity contribution in [3.8, 4) is 0 Å². The van der Waals surface area contributed by atoms with Gasteiger partial charge in [0.05, 0.1) is 0 Å². The van der Waals surface area contributed by atoms with Gasteiger partial charge in [-0.25, -0.2) is 0 Å². The number of benzene rings is 1. The maximum atomic E-state index is 2.50. The van der Waals surface area contributed by atoms with Crippen LogP contribution in [0, 0.1) is 0 Å². The number of thioether (sulfide) groups is 1. The first-order valence-corrected chi connectivity index (χ1v) is 8.69. The van der Waals surface area contributed by atoms with Crippen molar-refractivity contribution in [3.63, 3.8) is 0 Å². The lowest BCUT2D eigenvalue weighted by molar-refractivity contribution is 0.565. The van der Waals surface area contributed by atoms with Gasteiger partial charge in [-0.2, -0.15) is 0 Å². The van der Waals surface area contributed by atoms with E-state index in [0.29, 0.717) is 0 Å². The molecule has 0 fully saturated rings. The molecule has 0 atom stereocenters. The average Bonchev–Trinajstić information content (AvgIpc) is 2.43. The maximum absolute atomic E-state index is 2.50. The third-order valence-electron chi connectivity index (χ3n) is 3.74. The number of hydrogen-bond donors (Lipinski definition) is 0. The van der Waals surface area contributed by atoms with Crippen LogP contribution in [0.3, 0.4) is 0 Å². The molecule has 0 saturated heterocycles. The largest absolute Gasteiger partial charge is 0.0949 e. The fourth-order valence-corrected chi connectivity index (χ4v) is 3.65. The van der Waals surface area contributed by atoms with Gasteiger partial charge in [-0.1, -0.05) is 74.6 Å². The summed E-state index contributed by atoms with van der Waals surface area (Å²) in [6.45, 7) is 0. The second-order valence-corrected chi connectivity index (χ2v) is 6.65. The van der Waals surface area contributed by atoms with Crippen LogP contribution in [0.5, 0.6) is 0 Å². The van der Waals surface area contributed by atoms with Gasteiger partial charge in [-0.15, -0.1) is 0 Å². The van der Waals surface area contributed by atoms with Crippen molar-refractivity contribution in [2.45, 2.75) is 69.1 Å². The van der Waals surface area contributed by atoms with E-state index in [-0.39, 0.29) is 0 Å². The summed E-state index contributed by atoms with van der Waals surface area (Å²) in [6.07, 6.45) is 16.4. The van der Waals surface area contributed by atoms with E-state index in [9.17, 15) is 0 Å². The molecule has 1 aromatic carbocycles. The zero-order valence-corrected chi connectivity index (χ0v) is 12.8. The summed E-state index contributed by atoms with van der Waals surface area (Å²) in [5, 5.41) is 0. The molecule has 1 heteroatoms. The predicted octanol–water partition coefficient (Wildman–Crippen LogP) is 6.58. The van der Waals surface area contributed by atoms with E-state index in [0.717, 1.165) is 0 Å². The molecular formula is C18H26S. The van der Waals surface area contributed by atoms with Crippen molar-refractivity contribution in [2.75, 3.05) is 0 Å². The predicted molar refractivity (Wildman–Crippen MR) is 86.6 cm³/mol. The molecule has 1 aliphatic carbocycles. The minimum Gasteiger partial charge on any atom is -0.0949 e. The van der Waals surface area contributed by atoms with Gasteiger partial charge in [0.1, 0.15) is 0 Å². The third-order valence-corrected chi connectivity index (χ3v) is 4.88. The molecule has 0 amide bonds. The lowest BCUT2D eigenvalue weighted by Gasteiger charge is -2.09. The van der Waals surface area contributed by atoms with Crippen LogP contribution in [0.25, 0.3) is 0 Å². The van der Waals surface area contributed by atoms with Crippen LogP contribution in [0.2, 0.25) is 0 Å². The van der Waals surface area contributed by atoms with Gasteiger partial charge in [-0.3, -0.25) is 0 Å². The van der Waals surface area contributed by atoms with Crippen LogP contribution in [-0.2, 0) is 0 Å². The van der Waals surface area contributed by atoms with Crippen LogP contribution in [0.1, 0.15) is 64.2 Å². The molecule has 0 N–H and O–H groups in total. The van der Waals surface area contributed by atoms with Gasteiger partial charge in [0.15, 0.2) is 0 Å². The van der Waals surface area contributed by atoms with Crippen LogP contribution in [-0.4, -0.2) is 0 Å². The Morgan fingerprint density at radius 3 is 2.05 bits per heavy atom. The number of rotatable bonds is 2. The number of hydrogen-bond acceptors (Lipinski definition) is 1. The van der Waals surface area contributed by atoms with E-state index < -0.39 is 0 Å². The molecule has 0 heterocycles. The zero-order chi connectivity index (χ0) is 13.2. The molecule has 104 valence electrons. The van der Waals surface area contributed by atoms with Gasteiger partial charge in [0, 0.05) is 4.90 Å². The van der Waals surface area contributed by atoms with Crippen molar-refractivity contribution in [3.05, 3.63) is 41.3 Å². The van der Waals surface area contributed by atoms with Crippen molar-refractivity contribution in [1.29, 1.82) is 0 Å². The summed E-state index contributed by atoms with van der Waals surface area (Å²) in [4.78, 5) is 2.98. The normalized spacial score (nSPS) is 21.8. The minimum atomic E-state index is 1.27. The fraction of sp³-hybridized carbons (Fsp3) is 0.556. The summed E-state index contributed by atoms with van der Waals surface area (Å²) in [5.74, 6) is 0. The van der Waals surface area contributed by atoms with E-state index in [1.54, 1.807) is 4.91 Å². The first-order chi connectivity index (χ1) is 9.45. The summed E-state index contributed by atoms with van der Waals surface area (Å²) in [5.41, 5.74) is 0. The standard InChI is InChI=1S/C18H26S/c1-2-4-6-9-13-17(14-10-7-5-3-1)19-18-15-11-8-12-16-18/h8,11-13,15-16H,1-7,9-10,14H2/b17-13+. The fourth-order valence-electron chi connectivity index (χ4n) is 2.60.